The minimum absolute atomic E-state index is 0.133. The lowest BCUT2D eigenvalue weighted by molar-refractivity contribution is -0.127. The monoisotopic (exact) mass is 440 g/mol. The van der Waals surface area contributed by atoms with Crippen LogP contribution in [0.5, 0.6) is 0 Å². The van der Waals surface area contributed by atoms with E-state index in [0.717, 1.165) is 4.88 Å². The van der Waals surface area contributed by atoms with Crippen LogP contribution in [0, 0.1) is 5.82 Å². The number of amides is 2. The molecular weight excluding hydrogens is 415 g/mol. The van der Waals surface area contributed by atoms with Gasteiger partial charge in [0.15, 0.2) is 0 Å². The second-order valence-electron chi connectivity index (χ2n) is 7.78. The molecule has 0 fully saturated rings. The van der Waals surface area contributed by atoms with Crippen molar-refractivity contribution in [1.82, 2.24) is 20.2 Å². The van der Waals surface area contributed by atoms with E-state index in [1.165, 1.54) is 59.1 Å². The summed E-state index contributed by atoms with van der Waals surface area (Å²) in [7, 11) is 0. The molecule has 1 N–H and O–H groups in total. The van der Waals surface area contributed by atoms with Crippen LogP contribution in [-0.2, 0) is 11.3 Å². The first-order valence-corrected chi connectivity index (χ1v) is 10.9. The van der Waals surface area contributed by atoms with E-state index in [-0.39, 0.29) is 18.1 Å². The van der Waals surface area contributed by atoms with Crippen LogP contribution in [-0.4, -0.2) is 32.2 Å². The highest BCUT2D eigenvalue weighted by Crippen LogP contribution is 2.28. The summed E-state index contributed by atoms with van der Waals surface area (Å²) in [5.41, 5.74) is 0.174. The number of benzene rings is 1. The average Bonchev–Trinajstić information content (AvgIpc) is 3.27. The maximum atomic E-state index is 13.6. The van der Waals surface area contributed by atoms with Crippen molar-refractivity contribution in [3.05, 3.63) is 82.3 Å². The maximum absolute atomic E-state index is 13.6. The lowest BCUT2D eigenvalue weighted by atomic mass is 9.98. The van der Waals surface area contributed by atoms with Crippen LogP contribution < -0.4 is 5.32 Å². The molecule has 31 heavy (non-hydrogen) atoms. The molecule has 0 saturated heterocycles. The third kappa shape index (κ3) is 5.73. The fourth-order valence-corrected chi connectivity index (χ4v) is 3.72. The predicted molar refractivity (Wildman–Crippen MR) is 118 cm³/mol. The second kappa shape index (κ2) is 9.78. The molecule has 1 atom stereocenters. The number of nitrogens with one attached hydrogen (secondary N) is 1. The van der Waals surface area contributed by atoms with Gasteiger partial charge in [0.1, 0.15) is 17.6 Å². The predicted octanol–water partition coefficient (Wildman–Crippen LogP) is 4.37. The molecule has 2 heterocycles. The van der Waals surface area contributed by atoms with Gasteiger partial charge in [-0.05, 0) is 49.4 Å². The molecule has 1 aromatic carbocycles. The van der Waals surface area contributed by atoms with Crippen molar-refractivity contribution in [2.24, 2.45) is 0 Å². The molecule has 8 heteroatoms. The highest BCUT2D eigenvalue weighted by molar-refractivity contribution is 7.09. The lowest BCUT2D eigenvalue weighted by Gasteiger charge is -2.34. The quantitative estimate of drug-likeness (QED) is 0.565. The molecule has 2 amide bonds. The van der Waals surface area contributed by atoms with E-state index in [9.17, 15) is 14.0 Å². The number of carbonyl (C=O) groups is 2. The van der Waals surface area contributed by atoms with Crippen molar-refractivity contribution in [3.63, 3.8) is 0 Å². The van der Waals surface area contributed by atoms with Crippen LogP contribution in [0.1, 0.15) is 54.2 Å². The Morgan fingerprint density at radius 1 is 1.19 bits per heavy atom. The summed E-state index contributed by atoms with van der Waals surface area (Å²) < 4.78 is 13.6. The van der Waals surface area contributed by atoms with Crippen molar-refractivity contribution in [2.45, 2.75) is 45.3 Å². The Labute approximate surface area is 185 Å². The van der Waals surface area contributed by atoms with E-state index in [4.69, 9.17) is 0 Å². The van der Waals surface area contributed by atoms with Gasteiger partial charge in [0, 0.05) is 22.8 Å². The maximum Gasteiger partial charge on any atom is 0.275 e. The Bertz CT molecular complexity index is 1010. The normalized spacial score (nSPS) is 12.3. The molecule has 0 spiro atoms. The second-order valence-corrected chi connectivity index (χ2v) is 8.82. The zero-order valence-electron chi connectivity index (χ0n) is 17.7. The van der Waals surface area contributed by atoms with Crippen LogP contribution in [0.4, 0.5) is 4.39 Å². The molecule has 6 nitrogen and oxygen atoms in total. The largest absolute Gasteiger partial charge is 0.349 e. The fourth-order valence-electron chi connectivity index (χ4n) is 3.02. The van der Waals surface area contributed by atoms with Gasteiger partial charge in [-0.3, -0.25) is 14.6 Å². The Kier molecular flexibility index (Phi) is 7.12. The molecule has 0 radical (unpaired) electrons. The van der Waals surface area contributed by atoms with Gasteiger partial charge < -0.3 is 10.2 Å². The van der Waals surface area contributed by atoms with Gasteiger partial charge in [0.2, 0.25) is 5.91 Å². The number of aromatic nitrogens is 2. The van der Waals surface area contributed by atoms with Gasteiger partial charge in [-0.25, -0.2) is 9.37 Å². The van der Waals surface area contributed by atoms with Gasteiger partial charge in [-0.1, -0.05) is 25.1 Å². The number of carbonyl (C=O) groups excluding carboxylic acids is 2. The number of hydrogen-bond donors (Lipinski definition) is 1. The van der Waals surface area contributed by atoms with Crippen LogP contribution in [0.3, 0.4) is 0 Å². The van der Waals surface area contributed by atoms with E-state index < -0.39 is 23.3 Å². The van der Waals surface area contributed by atoms with E-state index in [1.54, 1.807) is 0 Å². The first kappa shape index (κ1) is 22.6. The first-order valence-electron chi connectivity index (χ1n) is 9.97. The van der Waals surface area contributed by atoms with E-state index in [0.29, 0.717) is 12.0 Å². The summed E-state index contributed by atoms with van der Waals surface area (Å²) in [6.07, 6.45) is 5.00. The molecule has 0 bridgehead atoms. The molecule has 0 saturated carbocycles. The molecular formula is C23H25FN4O2S. The summed E-state index contributed by atoms with van der Waals surface area (Å²) >= 11 is 1.49. The highest BCUT2D eigenvalue weighted by Gasteiger charge is 2.35. The van der Waals surface area contributed by atoms with Gasteiger partial charge in [-0.2, -0.15) is 0 Å². The summed E-state index contributed by atoms with van der Waals surface area (Å²) in [4.78, 5) is 37.4. The van der Waals surface area contributed by atoms with Crippen molar-refractivity contribution in [3.8, 4) is 0 Å². The van der Waals surface area contributed by atoms with Crippen LogP contribution in [0.25, 0.3) is 0 Å². The van der Waals surface area contributed by atoms with Gasteiger partial charge in [-0.15, -0.1) is 11.3 Å². The summed E-state index contributed by atoms with van der Waals surface area (Å²) in [6.45, 7) is 6.01. The Morgan fingerprint density at radius 2 is 1.94 bits per heavy atom. The van der Waals surface area contributed by atoms with Crippen LogP contribution in [0.15, 0.2) is 60.4 Å². The van der Waals surface area contributed by atoms with Crippen molar-refractivity contribution in [2.75, 3.05) is 0 Å². The summed E-state index contributed by atoms with van der Waals surface area (Å²) in [6, 6.07) is 8.46. The van der Waals surface area contributed by atoms with E-state index in [1.807, 2.05) is 38.3 Å². The molecule has 0 unspecified atom stereocenters. The molecule has 3 aromatic rings. The number of nitrogens with zero attached hydrogens (tertiary/aromatic N) is 3. The Balaban J connectivity index is 2.07. The SMILES string of the molecule is CCC(C)(C)NC(=O)[C@H](c1ccc(F)cc1)N(Cc1cccs1)C(=O)c1cnccn1. The highest BCUT2D eigenvalue weighted by atomic mass is 32.1. The number of hydrogen-bond acceptors (Lipinski definition) is 5. The average molecular weight is 441 g/mol. The Morgan fingerprint density at radius 3 is 2.52 bits per heavy atom. The van der Waals surface area contributed by atoms with Crippen molar-refractivity contribution < 1.29 is 14.0 Å². The van der Waals surface area contributed by atoms with Gasteiger partial charge >= 0.3 is 0 Å². The van der Waals surface area contributed by atoms with E-state index in [2.05, 4.69) is 15.3 Å². The Hall–Kier alpha value is -3.13. The van der Waals surface area contributed by atoms with Crippen molar-refractivity contribution in [1.29, 1.82) is 0 Å². The smallest absolute Gasteiger partial charge is 0.275 e. The molecule has 0 aliphatic heterocycles. The standard InChI is InChI=1S/C23H25FN4O2S/c1-4-23(2,3)27-21(29)20(16-7-9-17(24)10-8-16)28(15-18-6-5-13-31-18)22(30)19-14-25-11-12-26-19/h5-14,20H,4,15H2,1-3H3,(H,27,29)/t20-/m0/s1. The third-order valence-electron chi connectivity index (χ3n) is 5.04. The van der Waals surface area contributed by atoms with E-state index >= 15 is 0 Å². The first-order chi connectivity index (χ1) is 14.8. The molecule has 3 rings (SSSR count). The minimum Gasteiger partial charge on any atom is -0.349 e. The summed E-state index contributed by atoms with van der Waals surface area (Å²) in [5, 5.41) is 4.94. The third-order valence-corrected chi connectivity index (χ3v) is 5.90. The molecule has 0 aliphatic rings. The topological polar surface area (TPSA) is 75.2 Å². The zero-order valence-corrected chi connectivity index (χ0v) is 18.5. The number of halogens is 1. The lowest BCUT2D eigenvalue weighted by Crippen LogP contribution is -2.50. The van der Waals surface area contributed by atoms with Gasteiger partial charge in [0.25, 0.3) is 5.91 Å². The molecule has 162 valence electrons. The summed E-state index contributed by atoms with van der Waals surface area (Å²) in [5.74, 6) is -1.19. The molecule has 0 aliphatic carbocycles. The zero-order chi connectivity index (χ0) is 22.4. The van der Waals surface area contributed by atoms with Crippen LogP contribution >= 0.6 is 11.3 Å². The molecule has 2 aromatic heterocycles. The van der Waals surface area contributed by atoms with Crippen LogP contribution in [0.2, 0.25) is 0 Å². The minimum atomic E-state index is -0.969. The number of rotatable bonds is 8. The number of thiophene rings is 1. The van der Waals surface area contributed by atoms with Crippen molar-refractivity contribution >= 4 is 23.2 Å². The fraction of sp³-hybridized carbons (Fsp3) is 0.304. The van der Waals surface area contributed by atoms with Gasteiger partial charge in [0.05, 0.1) is 12.7 Å².